The Morgan fingerprint density at radius 1 is 0.882 bits per heavy atom. The third-order valence-electron chi connectivity index (χ3n) is 2.71. The molecule has 0 spiro atoms. The van der Waals surface area contributed by atoms with Gasteiger partial charge < -0.3 is 5.32 Å². The average molecular weight is 266 g/mol. The molecular formula is C14H13Cl2N. The van der Waals surface area contributed by atoms with Crippen molar-refractivity contribution in [1.29, 1.82) is 0 Å². The monoisotopic (exact) mass is 265 g/mol. The molecule has 1 unspecified atom stereocenters. The van der Waals surface area contributed by atoms with E-state index >= 15 is 0 Å². The lowest BCUT2D eigenvalue weighted by Crippen LogP contribution is -2.18. The molecule has 0 bridgehead atoms. The van der Waals surface area contributed by atoms with Crippen molar-refractivity contribution in [3.63, 3.8) is 0 Å². The van der Waals surface area contributed by atoms with Crippen molar-refractivity contribution < 1.29 is 0 Å². The van der Waals surface area contributed by atoms with E-state index in [0.717, 1.165) is 11.1 Å². The Bertz CT molecular complexity index is 477. The summed E-state index contributed by atoms with van der Waals surface area (Å²) in [7, 11) is 1.90. The lowest BCUT2D eigenvalue weighted by Gasteiger charge is -2.19. The summed E-state index contributed by atoms with van der Waals surface area (Å²) in [6.45, 7) is 0. The van der Waals surface area contributed by atoms with Crippen molar-refractivity contribution in [3.05, 3.63) is 69.7 Å². The Labute approximate surface area is 111 Å². The molecule has 2 rings (SSSR count). The van der Waals surface area contributed by atoms with Crippen LogP contribution in [0.2, 0.25) is 10.0 Å². The van der Waals surface area contributed by atoms with E-state index in [4.69, 9.17) is 23.2 Å². The number of nitrogens with one attached hydrogen (secondary N) is 1. The molecule has 2 aromatic carbocycles. The zero-order valence-corrected chi connectivity index (χ0v) is 11.0. The van der Waals surface area contributed by atoms with E-state index in [0.29, 0.717) is 10.0 Å². The number of benzene rings is 2. The van der Waals surface area contributed by atoms with E-state index in [9.17, 15) is 0 Å². The van der Waals surface area contributed by atoms with Gasteiger partial charge in [0.2, 0.25) is 0 Å². The second kappa shape index (κ2) is 5.54. The number of hydrogen-bond donors (Lipinski definition) is 1. The molecule has 0 aliphatic rings. The summed E-state index contributed by atoms with van der Waals surface area (Å²) in [5, 5.41) is 4.61. The average Bonchev–Trinajstić information content (AvgIpc) is 2.35. The van der Waals surface area contributed by atoms with Gasteiger partial charge >= 0.3 is 0 Å². The van der Waals surface area contributed by atoms with Crippen LogP contribution >= 0.6 is 23.2 Å². The van der Waals surface area contributed by atoms with Gasteiger partial charge in [0.05, 0.1) is 6.04 Å². The van der Waals surface area contributed by atoms with Crippen LogP contribution in [0.5, 0.6) is 0 Å². The van der Waals surface area contributed by atoms with Gasteiger partial charge in [-0.15, -0.1) is 0 Å². The summed E-state index contributed by atoms with van der Waals surface area (Å²) in [6, 6.07) is 15.7. The molecule has 1 atom stereocenters. The smallest absolute Gasteiger partial charge is 0.0603 e. The Kier molecular flexibility index (Phi) is 4.06. The molecule has 0 saturated heterocycles. The molecule has 0 saturated carbocycles. The summed E-state index contributed by atoms with van der Waals surface area (Å²) in [5.74, 6) is 0. The Balaban J connectivity index is 2.50. The van der Waals surface area contributed by atoms with Crippen LogP contribution in [0.25, 0.3) is 0 Å². The number of rotatable bonds is 3. The van der Waals surface area contributed by atoms with Crippen molar-refractivity contribution in [3.8, 4) is 0 Å². The third-order valence-corrected chi connectivity index (χ3v) is 3.37. The van der Waals surface area contributed by atoms with Crippen LogP contribution in [0, 0.1) is 0 Å². The first-order valence-corrected chi connectivity index (χ1v) is 6.15. The molecule has 0 aliphatic carbocycles. The second-order valence-corrected chi connectivity index (χ2v) is 4.58. The lowest BCUT2D eigenvalue weighted by atomic mass is 9.99. The van der Waals surface area contributed by atoms with Gasteiger partial charge in [0.25, 0.3) is 0 Å². The van der Waals surface area contributed by atoms with Crippen molar-refractivity contribution in [2.45, 2.75) is 6.04 Å². The second-order valence-electron chi connectivity index (χ2n) is 3.77. The first kappa shape index (κ1) is 12.4. The van der Waals surface area contributed by atoms with Crippen molar-refractivity contribution in [2.24, 2.45) is 0 Å². The van der Waals surface area contributed by atoms with Crippen LogP contribution in [0.1, 0.15) is 17.2 Å². The maximum Gasteiger partial charge on any atom is 0.0603 e. The van der Waals surface area contributed by atoms with Crippen LogP contribution < -0.4 is 5.32 Å². The van der Waals surface area contributed by atoms with E-state index in [1.54, 1.807) is 0 Å². The van der Waals surface area contributed by atoms with Gasteiger partial charge in [0.1, 0.15) is 0 Å². The van der Waals surface area contributed by atoms with Gasteiger partial charge in [-0.25, -0.2) is 0 Å². The van der Waals surface area contributed by atoms with Crippen molar-refractivity contribution in [2.75, 3.05) is 7.05 Å². The Morgan fingerprint density at radius 3 is 2.00 bits per heavy atom. The predicted octanol–water partition coefficient (Wildman–Crippen LogP) is 4.30. The summed E-state index contributed by atoms with van der Waals surface area (Å²) in [4.78, 5) is 0. The summed E-state index contributed by atoms with van der Waals surface area (Å²) in [5.41, 5.74) is 2.06. The Hall–Kier alpha value is -1.02. The zero-order valence-electron chi connectivity index (χ0n) is 9.45. The third kappa shape index (κ3) is 2.63. The van der Waals surface area contributed by atoms with E-state index in [1.807, 2.05) is 43.4 Å². The molecule has 2 aromatic rings. The Morgan fingerprint density at radius 2 is 1.47 bits per heavy atom. The van der Waals surface area contributed by atoms with Gasteiger partial charge in [-0.2, -0.15) is 0 Å². The van der Waals surface area contributed by atoms with Gasteiger partial charge in [0.15, 0.2) is 0 Å². The predicted molar refractivity (Wildman–Crippen MR) is 73.8 cm³/mol. The largest absolute Gasteiger partial charge is 0.309 e. The van der Waals surface area contributed by atoms with E-state index in [2.05, 4.69) is 17.4 Å². The van der Waals surface area contributed by atoms with E-state index in [1.165, 1.54) is 0 Å². The van der Waals surface area contributed by atoms with Gasteiger partial charge in [-0.05, 0) is 24.7 Å². The quantitative estimate of drug-likeness (QED) is 0.873. The van der Waals surface area contributed by atoms with E-state index in [-0.39, 0.29) is 6.04 Å². The van der Waals surface area contributed by atoms with Gasteiger partial charge in [-0.1, -0.05) is 59.6 Å². The molecule has 1 N–H and O–H groups in total. The van der Waals surface area contributed by atoms with Crippen LogP contribution in [0.3, 0.4) is 0 Å². The minimum Gasteiger partial charge on any atom is -0.309 e. The van der Waals surface area contributed by atoms with Crippen LogP contribution in [-0.2, 0) is 0 Å². The maximum absolute atomic E-state index is 6.23. The molecule has 88 valence electrons. The molecular weight excluding hydrogens is 253 g/mol. The number of hydrogen-bond acceptors (Lipinski definition) is 1. The molecule has 0 radical (unpaired) electrons. The molecule has 17 heavy (non-hydrogen) atoms. The fourth-order valence-corrected chi connectivity index (χ4v) is 2.53. The molecule has 0 fully saturated rings. The highest BCUT2D eigenvalue weighted by molar-refractivity contribution is 6.36. The summed E-state index contributed by atoms with van der Waals surface area (Å²) in [6.07, 6.45) is 0. The molecule has 0 amide bonds. The van der Waals surface area contributed by atoms with Gasteiger partial charge in [0, 0.05) is 15.6 Å². The highest BCUT2D eigenvalue weighted by Gasteiger charge is 2.17. The topological polar surface area (TPSA) is 12.0 Å². The standard InChI is InChI=1S/C14H13Cl2N/c1-17-14(10-6-3-2-4-7-10)13-11(15)8-5-9-12(13)16/h2-9,14,17H,1H3. The molecule has 3 heteroatoms. The highest BCUT2D eigenvalue weighted by Crippen LogP contribution is 2.33. The minimum atomic E-state index is 0.0115. The first-order chi connectivity index (χ1) is 8.24. The highest BCUT2D eigenvalue weighted by atomic mass is 35.5. The van der Waals surface area contributed by atoms with E-state index < -0.39 is 0 Å². The number of halogens is 2. The van der Waals surface area contributed by atoms with Crippen LogP contribution in [-0.4, -0.2) is 7.05 Å². The summed E-state index contributed by atoms with van der Waals surface area (Å²) < 4.78 is 0. The molecule has 0 aromatic heterocycles. The van der Waals surface area contributed by atoms with Crippen LogP contribution in [0.4, 0.5) is 0 Å². The fourth-order valence-electron chi connectivity index (χ4n) is 1.91. The maximum atomic E-state index is 6.23. The zero-order chi connectivity index (χ0) is 12.3. The minimum absolute atomic E-state index is 0.0115. The van der Waals surface area contributed by atoms with Gasteiger partial charge in [-0.3, -0.25) is 0 Å². The molecule has 0 aliphatic heterocycles. The first-order valence-electron chi connectivity index (χ1n) is 5.40. The molecule has 1 nitrogen and oxygen atoms in total. The SMILES string of the molecule is CNC(c1ccccc1)c1c(Cl)cccc1Cl. The fraction of sp³-hybridized carbons (Fsp3) is 0.143. The van der Waals surface area contributed by atoms with Crippen molar-refractivity contribution >= 4 is 23.2 Å². The molecule has 0 heterocycles. The van der Waals surface area contributed by atoms with Crippen molar-refractivity contribution in [1.82, 2.24) is 5.32 Å². The summed E-state index contributed by atoms with van der Waals surface area (Å²) >= 11 is 12.5. The lowest BCUT2D eigenvalue weighted by molar-refractivity contribution is 0.692. The normalized spacial score (nSPS) is 12.4. The van der Waals surface area contributed by atoms with Crippen LogP contribution in [0.15, 0.2) is 48.5 Å².